The van der Waals surface area contributed by atoms with Crippen molar-refractivity contribution in [2.75, 3.05) is 14.2 Å². The first-order chi connectivity index (χ1) is 10.2. The summed E-state index contributed by atoms with van der Waals surface area (Å²) in [5.41, 5.74) is 2.00. The lowest BCUT2D eigenvalue weighted by molar-refractivity contribution is 0.415. The van der Waals surface area contributed by atoms with Gasteiger partial charge in [-0.1, -0.05) is 18.2 Å². The Hall–Kier alpha value is -2.68. The van der Waals surface area contributed by atoms with Crippen molar-refractivity contribution < 1.29 is 14.6 Å². The van der Waals surface area contributed by atoms with Crippen LogP contribution in [0.4, 0.5) is 0 Å². The molecule has 0 atom stereocenters. The van der Waals surface area contributed by atoms with Crippen molar-refractivity contribution in [1.82, 2.24) is 0 Å². The van der Waals surface area contributed by atoms with Gasteiger partial charge in [0.25, 0.3) is 0 Å². The van der Waals surface area contributed by atoms with Gasteiger partial charge >= 0.3 is 0 Å². The number of methoxy groups -OCH3 is 2. The molecule has 3 aromatic carbocycles. The van der Waals surface area contributed by atoms with E-state index in [1.165, 1.54) is 0 Å². The van der Waals surface area contributed by atoms with E-state index < -0.39 is 0 Å². The fourth-order valence-electron chi connectivity index (χ4n) is 2.39. The Morgan fingerprint density at radius 2 is 1.38 bits per heavy atom. The summed E-state index contributed by atoms with van der Waals surface area (Å²) >= 11 is 0. The first-order valence-electron chi connectivity index (χ1n) is 6.66. The highest BCUT2D eigenvalue weighted by molar-refractivity contribution is 5.93. The standard InChI is InChI=1S/C18H16O3/c1-20-15-6-3-12(4-7-15)14-9-13-5-8-16(21-2)11-17(13)18(19)10-14/h3-11,19H,1-2H3. The van der Waals surface area contributed by atoms with Gasteiger partial charge in [-0.3, -0.25) is 0 Å². The number of rotatable bonds is 3. The molecule has 0 aliphatic carbocycles. The molecule has 21 heavy (non-hydrogen) atoms. The molecule has 1 N–H and O–H groups in total. The van der Waals surface area contributed by atoms with Crippen LogP contribution < -0.4 is 9.47 Å². The molecule has 0 unspecified atom stereocenters. The molecule has 3 rings (SSSR count). The second kappa shape index (κ2) is 5.37. The minimum Gasteiger partial charge on any atom is -0.507 e. The monoisotopic (exact) mass is 280 g/mol. The molecule has 0 fully saturated rings. The molecule has 0 saturated carbocycles. The van der Waals surface area contributed by atoms with Crippen molar-refractivity contribution in [1.29, 1.82) is 0 Å². The first kappa shape index (κ1) is 13.3. The molecule has 0 spiro atoms. The van der Waals surface area contributed by atoms with Gasteiger partial charge < -0.3 is 14.6 Å². The predicted molar refractivity (Wildman–Crippen MR) is 84.2 cm³/mol. The molecule has 0 bridgehead atoms. The molecular weight excluding hydrogens is 264 g/mol. The SMILES string of the molecule is COc1ccc(-c2cc(O)c3cc(OC)ccc3c2)cc1. The maximum atomic E-state index is 10.3. The van der Waals surface area contributed by atoms with Gasteiger partial charge in [-0.15, -0.1) is 0 Å². The first-order valence-corrected chi connectivity index (χ1v) is 6.66. The number of ether oxygens (including phenoxy) is 2. The van der Waals surface area contributed by atoms with E-state index >= 15 is 0 Å². The zero-order chi connectivity index (χ0) is 14.8. The molecule has 0 radical (unpaired) electrons. The van der Waals surface area contributed by atoms with E-state index in [1.54, 1.807) is 20.3 Å². The summed E-state index contributed by atoms with van der Waals surface area (Å²) in [5, 5.41) is 12.0. The van der Waals surface area contributed by atoms with Crippen molar-refractivity contribution in [3.8, 4) is 28.4 Å². The highest BCUT2D eigenvalue weighted by Crippen LogP contribution is 2.34. The number of hydrogen-bond acceptors (Lipinski definition) is 3. The lowest BCUT2D eigenvalue weighted by Crippen LogP contribution is -1.85. The van der Waals surface area contributed by atoms with Crippen molar-refractivity contribution in [3.05, 3.63) is 54.6 Å². The fraction of sp³-hybridized carbons (Fsp3) is 0.111. The minimum atomic E-state index is 0.247. The molecule has 0 aliphatic heterocycles. The molecule has 0 aromatic heterocycles. The van der Waals surface area contributed by atoms with Crippen LogP contribution in [0.25, 0.3) is 21.9 Å². The summed E-state index contributed by atoms with van der Waals surface area (Å²) in [6.45, 7) is 0. The molecule has 0 aliphatic rings. The number of phenols is 1. The van der Waals surface area contributed by atoms with E-state index in [9.17, 15) is 5.11 Å². The zero-order valence-electron chi connectivity index (χ0n) is 12.0. The predicted octanol–water partition coefficient (Wildman–Crippen LogP) is 4.23. The number of phenolic OH excluding ortho intramolecular Hbond substituents is 1. The average Bonchev–Trinajstić information content (AvgIpc) is 2.54. The summed E-state index contributed by atoms with van der Waals surface area (Å²) in [6.07, 6.45) is 0. The van der Waals surface area contributed by atoms with E-state index in [0.717, 1.165) is 33.4 Å². The fourth-order valence-corrected chi connectivity index (χ4v) is 2.39. The van der Waals surface area contributed by atoms with E-state index in [4.69, 9.17) is 9.47 Å². The van der Waals surface area contributed by atoms with Crippen LogP contribution in [0, 0.1) is 0 Å². The van der Waals surface area contributed by atoms with Gasteiger partial charge in [-0.25, -0.2) is 0 Å². The van der Waals surface area contributed by atoms with Crippen LogP contribution in [-0.2, 0) is 0 Å². The molecule has 3 heteroatoms. The molecule has 0 saturated heterocycles. The second-order valence-electron chi connectivity index (χ2n) is 4.81. The van der Waals surface area contributed by atoms with Crippen LogP contribution in [0.5, 0.6) is 17.2 Å². The summed E-state index contributed by atoms with van der Waals surface area (Å²) in [7, 11) is 3.26. The zero-order valence-corrected chi connectivity index (χ0v) is 12.0. The quantitative estimate of drug-likeness (QED) is 0.780. The van der Waals surface area contributed by atoms with Gasteiger partial charge in [0.2, 0.25) is 0 Å². The largest absolute Gasteiger partial charge is 0.507 e. The molecule has 0 amide bonds. The maximum absolute atomic E-state index is 10.3. The summed E-state index contributed by atoms with van der Waals surface area (Å²) in [6, 6.07) is 17.3. The summed E-state index contributed by atoms with van der Waals surface area (Å²) in [4.78, 5) is 0. The summed E-state index contributed by atoms with van der Waals surface area (Å²) in [5.74, 6) is 1.79. The third-order valence-corrected chi connectivity index (χ3v) is 3.56. The van der Waals surface area contributed by atoms with E-state index in [2.05, 4.69) is 6.07 Å². The van der Waals surface area contributed by atoms with Gasteiger partial charge in [0.15, 0.2) is 0 Å². The van der Waals surface area contributed by atoms with Gasteiger partial charge in [0.1, 0.15) is 17.2 Å². The minimum absolute atomic E-state index is 0.247. The lowest BCUT2D eigenvalue weighted by atomic mass is 10.00. The van der Waals surface area contributed by atoms with Crippen LogP contribution >= 0.6 is 0 Å². The van der Waals surface area contributed by atoms with Crippen molar-refractivity contribution in [2.45, 2.75) is 0 Å². The number of benzene rings is 3. The normalized spacial score (nSPS) is 10.6. The molecule has 106 valence electrons. The van der Waals surface area contributed by atoms with E-state index in [0.29, 0.717) is 0 Å². The molecular formula is C18H16O3. The van der Waals surface area contributed by atoms with Gasteiger partial charge in [-0.2, -0.15) is 0 Å². The van der Waals surface area contributed by atoms with Crippen LogP contribution in [0.2, 0.25) is 0 Å². The maximum Gasteiger partial charge on any atom is 0.124 e. The average molecular weight is 280 g/mol. The Kier molecular flexibility index (Phi) is 3.40. The van der Waals surface area contributed by atoms with Crippen LogP contribution in [0.3, 0.4) is 0 Å². The Morgan fingerprint density at radius 1 is 0.714 bits per heavy atom. The lowest BCUT2D eigenvalue weighted by Gasteiger charge is -2.09. The Morgan fingerprint density at radius 3 is 2.05 bits per heavy atom. The van der Waals surface area contributed by atoms with Crippen molar-refractivity contribution in [3.63, 3.8) is 0 Å². The molecule has 3 aromatic rings. The number of fused-ring (bicyclic) bond motifs is 1. The van der Waals surface area contributed by atoms with Gasteiger partial charge in [-0.05, 0) is 52.9 Å². The van der Waals surface area contributed by atoms with Crippen molar-refractivity contribution in [2.24, 2.45) is 0 Å². The van der Waals surface area contributed by atoms with Crippen LogP contribution in [-0.4, -0.2) is 19.3 Å². The summed E-state index contributed by atoms with van der Waals surface area (Å²) < 4.78 is 10.4. The topological polar surface area (TPSA) is 38.7 Å². The van der Waals surface area contributed by atoms with Crippen LogP contribution in [0.15, 0.2) is 54.6 Å². The Labute approximate surface area is 123 Å². The number of hydrogen-bond donors (Lipinski definition) is 1. The number of aromatic hydroxyl groups is 1. The Balaban J connectivity index is 2.11. The highest BCUT2D eigenvalue weighted by atomic mass is 16.5. The van der Waals surface area contributed by atoms with E-state index in [1.807, 2.05) is 42.5 Å². The Bertz CT molecular complexity index is 776. The smallest absolute Gasteiger partial charge is 0.124 e. The molecule has 3 nitrogen and oxygen atoms in total. The second-order valence-corrected chi connectivity index (χ2v) is 4.81. The third-order valence-electron chi connectivity index (χ3n) is 3.56. The van der Waals surface area contributed by atoms with Gasteiger partial charge in [0.05, 0.1) is 14.2 Å². The third kappa shape index (κ3) is 2.50. The molecule has 0 heterocycles. The van der Waals surface area contributed by atoms with Crippen LogP contribution in [0.1, 0.15) is 0 Å². The van der Waals surface area contributed by atoms with Crippen molar-refractivity contribution >= 4 is 10.8 Å². The van der Waals surface area contributed by atoms with E-state index in [-0.39, 0.29) is 5.75 Å². The van der Waals surface area contributed by atoms with Gasteiger partial charge in [0, 0.05) is 5.39 Å². The highest BCUT2D eigenvalue weighted by Gasteiger charge is 2.06.